The van der Waals surface area contributed by atoms with Gasteiger partial charge in [-0.15, -0.1) is 12.3 Å². The number of hydrogen-bond acceptors (Lipinski definition) is 2. The van der Waals surface area contributed by atoms with Gasteiger partial charge in [0.15, 0.2) is 0 Å². The Morgan fingerprint density at radius 3 is 2.70 bits per heavy atom. The lowest BCUT2D eigenvalue weighted by Crippen LogP contribution is -2.63. The number of unbranched alkanes of at least 4 members (excludes halogenated alkanes) is 1. The Balaban J connectivity index is 2.23. The topological polar surface area (TPSA) is 49.4 Å². The summed E-state index contributed by atoms with van der Waals surface area (Å²) in [5.41, 5.74) is -0.202. The van der Waals surface area contributed by atoms with Crippen molar-refractivity contribution in [1.82, 2.24) is 10.2 Å². The van der Waals surface area contributed by atoms with Crippen molar-refractivity contribution in [3.05, 3.63) is 35.9 Å². The van der Waals surface area contributed by atoms with Gasteiger partial charge < -0.3 is 10.2 Å². The van der Waals surface area contributed by atoms with Crippen molar-refractivity contribution in [3.8, 4) is 12.3 Å². The van der Waals surface area contributed by atoms with Crippen LogP contribution >= 0.6 is 0 Å². The summed E-state index contributed by atoms with van der Waals surface area (Å²) in [6, 6.07) is 9.30. The van der Waals surface area contributed by atoms with Gasteiger partial charge in [-0.2, -0.15) is 0 Å². The number of rotatable bonds is 4. The van der Waals surface area contributed by atoms with Crippen LogP contribution in [-0.4, -0.2) is 29.8 Å². The van der Waals surface area contributed by atoms with Crippen molar-refractivity contribution in [2.24, 2.45) is 0 Å². The van der Waals surface area contributed by atoms with Crippen LogP contribution in [0, 0.1) is 12.3 Å². The zero-order valence-electron chi connectivity index (χ0n) is 11.6. The Morgan fingerprint density at radius 1 is 1.35 bits per heavy atom. The van der Waals surface area contributed by atoms with E-state index in [1.807, 2.05) is 30.3 Å². The third-order valence-electron chi connectivity index (χ3n) is 3.54. The molecule has 1 N–H and O–H groups in total. The minimum Gasteiger partial charge on any atom is -0.337 e. The smallest absolute Gasteiger partial charge is 0.253 e. The van der Waals surface area contributed by atoms with Crippen LogP contribution in [-0.2, 0) is 15.1 Å². The van der Waals surface area contributed by atoms with Crippen molar-refractivity contribution in [3.63, 3.8) is 0 Å². The molecule has 1 atom stereocenters. The normalized spacial score (nSPS) is 22.3. The molecular formula is C16H18N2O2. The molecular weight excluding hydrogens is 252 g/mol. The second-order valence-corrected chi connectivity index (χ2v) is 5.07. The highest BCUT2D eigenvalue weighted by molar-refractivity contribution is 5.98. The first-order valence-electron chi connectivity index (χ1n) is 6.67. The summed E-state index contributed by atoms with van der Waals surface area (Å²) in [4.78, 5) is 26.1. The second-order valence-electron chi connectivity index (χ2n) is 5.07. The van der Waals surface area contributed by atoms with E-state index in [1.165, 1.54) is 0 Å². The van der Waals surface area contributed by atoms with E-state index in [0.29, 0.717) is 19.4 Å². The molecule has 2 amide bonds. The highest BCUT2D eigenvalue weighted by Gasteiger charge is 2.43. The van der Waals surface area contributed by atoms with Crippen LogP contribution in [0.3, 0.4) is 0 Å². The first-order chi connectivity index (χ1) is 9.58. The van der Waals surface area contributed by atoms with Crippen LogP contribution in [0.15, 0.2) is 30.3 Å². The number of amides is 2. The number of hydrogen-bond donors (Lipinski definition) is 1. The van der Waals surface area contributed by atoms with Crippen LogP contribution < -0.4 is 5.32 Å². The molecule has 2 rings (SSSR count). The molecule has 20 heavy (non-hydrogen) atoms. The second kappa shape index (κ2) is 5.79. The first-order valence-corrected chi connectivity index (χ1v) is 6.67. The number of nitrogens with zero attached hydrogens (tertiary/aromatic N) is 1. The quantitative estimate of drug-likeness (QED) is 0.662. The summed E-state index contributed by atoms with van der Waals surface area (Å²) >= 11 is 0. The van der Waals surface area contributed by atoms with Crippen molar-refractivity contribution >= 4 is 11.8 Å². The largest absolute Gasteiger partial charge is 0.337 e. The summed E-state index contributed by atoms with van der Waals surface area (Å²) in [5, 5.41) is 2.81. The van der Waals surface area contributed by atoms with Crippen molar-refractivity contribution in [2.45, 2.75) is 25.3 Å². The molecule has 1 aliphatic heterocycles. The average molecular weight is 270 g/mol. The van der Waals surface area contributed by atoms with E-state index >= 15 is 0 Å². The fourth-order valence-electron chi connectivity index (χ4n) is 2.45. The van der Waals surface area contributed by atoms with E-state index in [2.05, 4.69) is 11.2 Å². The molecule has 1 aromatic carbocycles. The molecule has 1 fully saturated rings. The van der Waals surface area contributed by atoms with Gasteiger partial charge in [-0.05, 0) is 18.9 Å². The molecule has 0 aromatic heterocycles. The Kier molecular flexibility index (Phi) is 4.09. The summed E-state index contributed by atoms with van der Waals surface area (Å²) in [7, 11) is 0. The van der Waals surface area contributed by atoms with Crippen molar-refractivity contribution < 1.29 is 9.59 Å². The molecule has 1 heterocycles. The lowest BCUT2D eigenvalue weighted by atomic mass is 9.88. The van der Waals surface area contributed by atoms with Crippen molar-refractivity contribution in [1.29, 1.82) is 0 Å². The SMILES string of the molecule is C#CCCCN1CC(=O)NC(C)(c2ccccc2)C1=O. The van der Waals surface area contributed by atoms with Gasteiger partial charge >= 0.3 is 0 Å². The number of carbonyl (C=O) groups is 2. The van der Waals surface area contributed by atoms with Gasteiger partial charge in [0.1, 0.15) is 5.54 Å². The monoisotopic (exact) mass is 270 g/mol. The number of piperazine rings is 1. The maximum absolute atomic E-state index is 12.6. The highest BCUT2D eigenvalue weighted by atomic mass is 16.2. The molecule has 0 radical (unpaired) electrons. The van der Waals surface area contributed by atoms with E-state index in [4.69, 9.17) is 6.42 Å². The van der Waals surface area contributed by atoms with Gasteiger partial charge in [-0.3, -0.25) is 9.59 Å². The van der Waals surface area contributed by atoms with Gasteiger partial charge in [-0.1, -0.05) is 30.3 Å². The number of carbonyl (C=O) groups excluding carboxylic acids is 2. The number of nitrogens with one attached hydrogen (secondary N) is 1. The van der Waals surface area contributed by atoms with E-state index in [1.54, 1.807) is 11.8 Å². The predicted molar refractivity (Wildman–Crippen MR) is 76.6 cm³/mol. The van der Waals surface area contributed by atoms with E-state index < -0.39 is 5.54 Å². The van der Waals surface area contributed by atoms with Crippen LogP contribution in [0.4, 0.5) is 0 Å². The van der Waals surface area contributed by atoms with Crippen LogP contribution in [0.1, 0.15) is 25.3 Å². The molecule has 0 aliphatic carbocycles. The maximum atomic E-state index is 12.6. The Hall–Kier alpha value is -2.28. The lowest BCUT2D eigenvalue weighted by Gasteiger charge is -2.40. The number of benzene rings is 1. The maximum Gasteiger partial charge on any atom is 0.253 e. The fraction of sp³-hybridized carbons (Fsp3) is 0.375. The molecule has 4 heteroatoms. The summed E-state index contributed by atoms with van der Waals surface area (Å²) in [6.07, 6.45) is 6.53. The van der Waals surface area contributed by atoms with Crippen molar-refractivity contribution in [2.75, 3.05) is 13.1 Å². The molecule has 0 spiro atoms. The van der Waals surface area contributed by atoms with Crippen LogP contribution in [0.2, 0.25) is 0 Å². The molecule has 1 aliphatic rings. The van der Waals surface area contributed by atoms with E-state index in [0.717, 1.165) is 5.56 Å². The van der Waals surface area contributed by atoms with Crippen LogP contribution in [0.25, 0.3) is 0 Å². The van der Waals surface area contributed by atoms with Gasteiger partial charge in [-0.25, -0.2) is 0 Å². The molecule has 1 saturated heterocycles. The summed E-state index contributed by atoms with van der Waals surface area (Å²) < 4.78 is 0. The number of terminal acetylenes is 1. The molecule has 0 bridgehead atoms. The summed E-state index contributed by atoms with van der Waals surface area (Å²) in [6.45, 7) is 2.36. The minimum absolute atomic E-state index is 0.0830. The van der Waals surface area contributed by atoms with Gasteiger partial charge in [0.25, 0.3) is 5.91 Å². The highest BCUT2D eigenvalue weighted by Crippen LogP contribution is 2.26. The third kappa shape index (κ3) is 2.67. The van der Waals surface area contributed by atoms with Gasteiger partial charge in [0.05, 0.1) is 6.54 Å². The Morgan fingerprint density at radius 2 is 2.05 bits per heavy atom. The zero-order valence-corrected chi connectivity index (χ0v) is 11.6. The first kappa shape index (κ1) is 14.1. The van der Waals surface area contributed by atoms with Crippen LogP contribution in [0.5, 0.6) is 0 Å². The van der Waals surface area contributed by atoms with Gasteiger partial charge in [0, 0.05) is 13.0 Å². The molecule has 1 aromatic rings. The average Bonchev–Trinajstić information content (AvgIpc) is 2.45. The standard InChI is InChI=1S/C16H18N2O2/c1-3-4-8-11-18-12-14(19)17-16(2,15(18)20)13-9-6-5-7-10-13/h1,5-7,9-10H,4,8,11-12H2,2H3,(H,17,19). The zero-order chi connectivity index (χ0) is 14.6. The third-order valence-corrected chi connectivity index (χ3v) is 3.54. The fourth-order valence-corrected chi connectivity index (χ4v) is 2.45. The molecule has 1 unspecified atom stereocenters. The lowest BCUT2D eigenvalue weighted by molar-refractivity contribution is -0.149. The Labute approximate surface area is 119 Å². The van der Waals surface area contributed by atoms with Gasteiger partial charge in [0.2, 0.25) is 5.91 Å². The summed E-state index contributed by atoms with van der Waals surface area (Å²) in [5.74, 6) is 2.32. The Bertz CT molecular complexity index is 547. The molecule has 0 saturated carbocycles. The van der Waals surface area contributed by atoms with E-state index in [-0.39, 0.29) is 18.4 Å². The molecule has 4 nitrogen and oxygen atoms in total. The van der Waals surface area contributed by atoms with E-state index in [9.17, 15) is 9.59 Å². The predicted octanol–water partition coefficient (Wildman–Crippen LogP) is 1.27. The molecule has 104 valence electrons. The minimum atomic E-state index is -0.993.